The van der Waals surface area contributed by atoms with Gasteiger partial charge < -0.3 is 14.6 Å². The molecule has 7 heteroatoms. The molecule has 4 rings (SSSR count). The predicted molar refractivity (Wildman–Crippen MR) is 125 cm³/mol. The van der Waals surface area contributed by atoms with E-state index in [1.165, 1.54) is 5.56 Å². The summed E-state index contributed by atoms with van der Waals surface area (Å²) in [5.41, 5.74) is 5.49. The number of para-hydroxylation sites is 1. The maximum atomic E-state index is 12.8. The lowest BCUT2D eigenvalue weighted by molar-refractivity contribution is 0.0949. The van der Waals surface area contributed by atoms with Gasteiger partial charge in [0.2, 0.25) is 0 Å². The van der Waals surface area contributed by atoms with Crippen LogP contribution in [-0.4, -0.2) is 22.6 Å². The van der Waals surface area contributed by atoms with Crippen LogP contribution in [0.1, 0.15) is 38.6 Å². The summed E-state index contributed by atoms with van der Waals surface area (Å²) in [6.07, 6.45) is 0.663. The molecule has 0 spiro atoms. The Morgan fingerprint density at radius 1 is 1.09 bits per heavy atom. The third-order valence-electron chi connectivity index (χ3n) is 5.20. The van der Waals surface area contributed by atoms with E-state index in [0.717, 1.165) is 33.3 Å². The first-order valence-electron chi connectivity index (χ1n) is 10.4. The third-order valence-corrected chi connectivity index (χ3v) is 6.14. The maximum Gasteiger partial charge on any atom is 0.255 e. The molecule has 0 saturated heterocycles. The van der Waals surface area contributed by atoms with Gasteiger partial charge in [-0.1, -0.05) is 47.1 Å². The van der Waals surface area contributed by atoms with Crippen LogP contribution in [0.25, 0.3) is 10.6 Å². The fourth-order valence-corrected chi connectivity index (χ4v) is 4.15. The van der Waals surface area contributed by atoms with Crippen molar-refractivity contribution < 1.29 is 14.1 Å². The van der Waals surface area contributed by atoms with Gasteiger partial charge in [-0.2, -0.15) is 0 Å². The van der Waals surface area contributed by atoms with Crippen molar-refractivity contribution in [1.82, 2.24) is 15.5 Å². The second kappa shape index (κ2) is 9.78. The minimum atomic E-state index is -0.173. The summed E-state index contributed by atoms with van der Waals surface area (Å²) < 4.78 is 11.1. The van der Waals surface area contributed by atoms with Crippen LogP contribution in [0.2, 0.25) is 0 Å². The first-order chi connectivity index (χ1) is 15.5. The Kier molecular flexibility index (Phi) is 6.66. The van der Waals surface area contributed by atoms with Crippen LogP contribution in [0.5, 0.6) is 5.75 Å². The van der Waals surface area contributed by atoms with Crippen molar-refractivity contribution in [3.63, 3.8) is 0 Å². The number of aryl methyl sites for hydroxylation is 3. The molecule has 0 fully saturated rings. The molecular formula is C25H25N3O3S. The molecule has 0 saturated carbocycles. The quantitative estimate of drug-likeness (QED) is 0.398. The average molecular weight is 448 g/mol. The maximum absolute atomic E-state index is 12.8. The van der Waals surface area contributed by atoms with Crippen molar-refractivity contribution in [3.05, 3.63) is 87.7 Å². The Bertz CT molecular complexity index is 1190. The summed E-state index contributed by atoms with van der Waals surface area (Å²) in [5, 5.41) is 9.95. The number of nitrogens with one attached hydrogen (secondary N) is 1. The zero-order valence-electron chi connectivity index (χ0n) is 18.3. The van der Waals surface area contributed by atoms with Crippen molar-refractivity contribution in [2.45, 2.75) is 33.8 Å². The highest BCUT2D eigenvalue weighted by Gasteiger charge is 2.15. The highest BCUT2D eigenvalue weighted by molar-refractivity contribution is 7.13. The SMILES string of the molecule is Cc1ccc(-c2nc(CCNC(=O)c3ccccc3OCc3c(C)noc3C)cs2)cc1. The van der Waals surface area contributed by atoms with E-state index in [1.54, 1.807) is 23.5 Å². The molecule has 164 valence electrons. The molecule has 0 aliphatic carbocycles. The Hall–Kier alpha value is -3.45. The monoisotopic (exact) mass is 447 g/mol. The van der Waals surface area contributed by atoms with Crippen molar-refractivity contribution in [1.29, 1.82) is 0 Å². The normalized spacial score (nSPS) is 10.8. The van der Waals surface area contributed by atoms with Crippen LogP contribution in [-0.2, 0) is 13.0 Å². The molecule has 1 N–H and O–H groups in total. The summed E-state index contributed by atoms with van der Waals surface area (Å²) in [4.78, 5) is 17.5. The van der Waals surface area contributed by atoms with E-state index in [0.29, 0.717) is 30.9 Å². The van der Waals surface area contributed by atoms with Gasteiger partial charge in [0.05, 0.1) is 22.5 Å². The van der Waals surface area contributed by atoms with Crippen LogP contribution < -0.4 is 10.1 Å². The smallest absolute Gasteiger partial charge is 0.255 e. The van der Waals surface area contributed by atoms with E-state index in [1.807, 2.05) is 31.4 Å². The largest absolute Gasteiger partial charge is 0.488 e. The Morgan fingerprint density at radius 2 is 1.88 bits per heavy atom. The van der Waals surface area contributed by atoms with E-state index in [-0.39, 0.29) is 5.91 Å². The fourth-order valence-electron chi connectivity index (χ4n) is 3.29. The standard InChI is InChI=1S/C25H25N3O3S/c1-16-8-10-19(11-9-16)25-27-20(15-32-25)12-13-26-24(29)21-6-4-5-7-23(21)30-14-22-17(2)28-31-18(22)3/h4-11,15H,12-14H2,1-3H3,(H,26,29). The number of amides is 1. The Morgan fingerprint density at radius 3 is 2.62 bits per heavy atom. The zero-order valence-corrected chi connectivity index (χ0v) is 19.2. The molecule has 1 amide bonds. The number of ether oxygens (including phenoxy) is 1. The van der Waals surface area contributed by atoms with E-state index in [2.05, 4.69) is 41.7 Å². The lowest BCUT2D eigenvalue weighted by Crippen LogP contribution is -2.26. The highest BCUT2D eigenvalue weighted by Crippen LogP contribution is 2.24. The molecule has 6 nitrogen and oxygen atoms in total. The molecule has 0 atom stereocenters. The second-order valence-corrected chi connectivity index (χ2v) is 8.46. The second-order valence-electron chi connectivity index (χ2n) is 7.60. The molecular weight excluding hydrogens is 422 g/mol. The summed E-state index contributed by atoms with van der Waals surface area (Å²) in [6, 6.07) is 15.6. The van der Waals surface area contributed by atoms with Gasteiger partial charge in [-0.05, 0) is 32.9 Å². The van der Waals surface area contributed by atoms with Gasteiger partial charge in [-0.15, -0.1) is 11.3 Å². The first kappa shape index (κ1) is 21.8. The van der Waals surface area contributed by atoms with E-state index >= 15 is 0 Å². The van der Waals surface area contributed by atoms with Gasteiger partial charge in [0.25, 0.3) is 5.91 Å². The first-order valence-corrected chi connectivity index (χ1v) is 11.3. The third kappa shape index (κ3) is 5.06. The molecule has 2 heterocycles. The Balaban J connectivity index is 1.34. The van der Waals surface area contributed by atoms with Crippen molar-refractivity contribution in [2.24, 2.45) is 0 Å². The number of carbonyl (C=O) groups excluding carboxylic acids is 1. The molecule has 0 unspecified atom stereocenters. The van der Waals surface area contributed by atoms with E-state index in [4.69, 9.17) is 14.2 Å². The molecule has 2 aromatic carbocycles. The molecule has 0 aliphatic heterocycles. The number of carbonyl (C=O) groups is 1. The Labute approximate surface area is 191 Å². The number of thiazole rings is 1. The van der Waals surface area contributed by atoms with Crippen LogP contribution in [0, 0.1) is 20.8 Å². The van der Waals surface area contributed by atoms with Gasteiger partial charge in [0.15, 0.2) is 0 Å². The molecule has 0 bridgehead atoms. The number of rotatable bonds is 8. The predicted octanol–water partition coefficient (Wildman–Crippen LogP) is 5.27. The molecule has 4 aromatic rings. The lowest BCUT2D eigenvalue weighted by atomic mass is 10.1. The number of hydrogen-bond acceptors (Lipinski definition) is 6. The van der Waals surface area contributed by atoms with Crippen LogP contribution in [0.15, 0.2) is 58.4 Å². The molecule has 0 radical (unpaired) electrons. The van der Waals surface area contributed by atoms with Gasteiger partial charge in [0.1, 0.15) is 23.1 Å². The van der Waals surface area contributed by atoms with Crippen molar-refractivity contribution in [3.8, 4) is 16.3 Å². The van der Waals surface area contributed by atoms with Crippen molar-refractivity contribution >= 4 is 17.2 Å². The zero-order chi connectivity index (χ0) is 22.5. The van der Waals surface area contributed by atoms with Crippen LogP contribution in [0.4, 0.5) is 0 Å². The topological polar surface area (TPSA) is 77.2 Å². The fraction of sp³-hybridized carbons (Fsp3) is 0.240. The summed E-state index contributed by atoms with van der Waals surface area (Å²) in [6.45, 7) is 6.58. The highest BCUT2D eigenvalue weighted by atomic mass is 32.1. The molecule has 32 heavy (non-hydrogen) atoms. The summed E-state index contributed by atoms with van der Waals surface area (Å²) >= 11 is 1.62. The van der Waals surface area contributed by atoms with Gasteiger partial charge >= 0.3 is 0 Å². The van der Waals surface area contributed by atoms with Crippen molar-refractivity contribution in [2.75, 3.05) is 6.54 Å². The number of nitrogens with zero attached hydrogens (tertiary/aromatic N) is 2. The molecule has 0 aliphatic rings. The summed E-state index contributed by atoms with van der Waals surface area (Å²) in [7, 11) is 0. The van der Waals surface area contributed by atoms with Crippen LogP contribution >= 0.6 is 11.3 Å². The number of benzene rings is 2. The molecule has 2 aromatic heterocycles. The minimum absolute atomic E-state index is 0.173. The van der Waals surface area contributed by atoms with Gasteiger partial charge in [-0.3, -0.25) is 4.79 Å². The van der Waals surface area contributed by atoms with E-state index in [9.17, 15) is 4.79 Å². The van der Waals surface area contributed by atoms with Crippen LogP contribution in [0.3, 0.4) is 0 Å². The number of hydrogen-bond donors (Lipinski definition) is 1. The average Bonchev–Trinajstić information content (AvgIpc) is 3.39. The van der Waals surface area contributed by atoms with Gasteiger partial charge in [-0.25, -0.2) is 4.98 Å². The summed E-state index contributed by atoms with van der Waals surface area (Å²) in [5.74, 6) is 1.08. The van der Waals surface area contributed by atoms with Gasteiger partial charge in [0, 0.05) is 23.9 Å². The minimum Gasteiger partial charge on any atom is -0.488 e. The van der Waals surface area contributed by atoms with E-state index < -0.39 is 0 Å². The lowest BCUT2D eigenvalue weighted by Gasteiger charge is -2.11. The number of aromatic nitrogens is 2.